The maximum absolute atomic E-state index is 5.94. The molecule has 0 amide bonds. The molecule has 2 nitrogen and oxygen atoms in total. The number of aliphatic imine (C=N–C) groups is 2. The molecule has 0 saturated heterocycles. The van der Waals surface area contributed by atoms with Crippen molar-refractivity contribution in [2.75, 3.05) is 0 Å². The number of halogens is 4. The first-order valence-corrected chi connectivity index (χ1v) is 12.0. The Morgan fingerprint density at radius 3 is 1.48 bits per heavy atom. The molecule has 0 atom stereocenters. The molecule has 2 aromatic rings. The van der Waals surface area contributed by atoms with E-state index < -0.39 is 0 Å². The van der Waals surface area contributed by atoms with Crippen LogP contribution in [-0.2, 0) is 10.9 Å². The molecule has 126 valence electrons. The van der Waals surface area contributed by atoms with E-state index in [0.29, 0.717) is 10.0 Å². The number of nitrogens with zero attached hydrogens (tertiary/aromatic N) is 2. The van der Waals surface area contributed by atoms with Crippen molar-refractivity contribution in [3.8, 4) is 0 Å². The maximum atomic E-state index is 5.94. The molecule has 0 fully saturated rings. The minimum absolute atomic E-state index is 0.670. The van der Waals surface area contributed by atoms with Crippen LogP contribution in [0.3, 0.4) is 0 Å². The van der Waals surface area contributed by atoms with Gasteiger partial charge in [0.2, 0.25) is 0 Å². The molecule has 0 aliphatic carbocycles. The van der Waals surface area contributed by atoms with Crippen molar-refractivity contribution in [1.82, 2.24) is 0 Å². The topological polar surface area (TPSA) is 24.7 Å². The Bertz CT molecular complexity index is 646. The van der Waals surface area contributed by atoms with Gasteiger partial charge in [-0.3, -0.25) is 9.98 Å². The summed E-state index contributed by atoms with van der Waals surface area (Å²) in [6, 6.07) is 14.8. The zero-order valence-corrected chi connectivity index (χ0v) is 18.0. The van der Waals surface area contributed by atoms with Gasteiger partial charge in [0.05, 0.1) is 22.8 Å². The Morgan fingerprint density at radius 1 is 0.826 bits per heavy atom. The van der Waals surface area contributed by atoms with Crippen molar-refractivity contribution in [1.29, 1.82) is 0 Å². The molecule has 7 heteroatoms. The molecule has 0 spiro atoms. The van der Waals surface area contributed by atoms with Gasteiger partial charge in [-0.25, -0.2) is 0 Å². The first kappa shape index (κ1) is 20.9. The van der Waals surface area contributed by atoms with E-state index >= 15 is 0 Å². The summed E-state index contributed by atoms with van der Waals surface area (Å²) >= 11 is 17.9. The first-order valence-electron chi connectivity index (χ1n) is 6.40. The van der Waals surface area contributed by atoms with Crippen molar-refractivity contribution < 1.29 is 10.9 Å². The summed E-state index contributed by atoms with van der Waals surface area (Å²) in [4.78, 5) is 9.01. The molecule has 2 aromatic carbocycles. The van der Waals surface area contributed by atoms with Crippen LogP contribution in [0.2, 0.25) is 10.0 Å². The van der Waals surface area contributed by atoms with E-state index in [0.717, 1.165) is 22.8 Å². The number of hydrogen-bond donors (Lipinski definition) is 0. The first-order chi connectivity index (χ1) is 11.0. The van der Waals surface area contributed by atoms with Crippen molar-refractivity contribution in [3.05, 3.63) is 58.6 Å². The fraction of sp³-hybridized carbons (Fsp3) is 0.125. The molecule has 23 heavy (non-hydrogen) atoms. The van der Waals surface area contributed by atoms with Crippen LogP contribution in [0.25, 0.3) is 0 Å². The van der Waals surface area contributed by atoms with Crippen molar-refractivity contribution in [2.45, 2.75) is 13.8 Å². The average molecular weight is 524 g/mol. The van der Waals surface area contributed by atoms with Gasteiger partial charge in [-0.1, -0.05) is 35.3 Å². The number of hydrogen-bond acceptors (Lipinski definition) is 2. The van der Waals surface area contributed by atoms with Gasteiger partial charge in [0, 0.05) is 10.0 Å². The molecule has 0 aliphatic rings. The molecule has 2 rings (SSSR count). The third kappa shape index (κ3) is 8.46. The van der Waals surface area contributed by atoms with Gasteiger partial charge < -0.3 is 0 Å². The SMILES string of the molecule is CC(=Nc1cccc(Cl)c1)C(C)=Nc1cccc(Cl)c1.[Br][Ni][Br]. The summed E-state index contributed by atoms with van der Waals surface area (Å²) in [5.41, 5.74) is 3.31. The fourth-order valence-electron chi connectivity index (χ4n) is 1.64. The van der Waals surface area contributed by atoms with Gasteiger partial charge in [0.1, 0.15) is 0 Å². The summed E-state index contributed by atoms with van der Waals surface area (Å²) in [5, 5.41) is 1.34. The predicted octanol–water partition coefficient (Wildman–Crippen LogP) is 7.57. The molecule has 0 unspecified atom stereocenters. The molecule has 0 aliphatic heterocycles. The Morgan fingerprint density at radius 2 is 1.17 bits per heavy atom. The van der Waals surface area contributed by atoms with E-state index in [-0.39, 0.29) is 0 Å². The predicted molar refractivity (Wildman–Crippen MR) is 106 cm³/mol. The molecule has 0 bridgehead atoms. The van der Waals surface area contributed by atoms with Crippen LogP contribution in [0.15, 0.2) is 58.5 Å². The van der Waals surface area contributed by atoms with Gasteiger partial charge in [0.25, 0.3) is 0 Å². The van der Waals surface area contributed by atoms with E-state index in [1.54, 1.807) is 0 Å². The summed E-state index contributed by atoms with van der Waals surface area (Å²) < 4.78 is 0. The van der Waals surface area contributed by atoms with Crippen LogP contribution in [0.1, 0.15) is 13.8 Å². The van der Waals surface area contributed by atoms with Crippen molar-refractivity contribution in [3.63, 3.8) is 0 Å². The monoisotopic (exact) mass is 520 g/mol. The summed E-state index contributed by atoms with van der Waals surface area (Å²) in [7, 11) is 1.25. The minimum atomic E-state index is 0.670. The number of benzene rings is 2. The zero-order valence-electron chi connectivity index (χ0n) is 12.3. The molecule has 0 radical (unpaired) electrons. The molecular formula is C16H14Br2Cl2N2Ni. The van der Waals surface area contributed by atoms with E-state index in [9.17, 15) is 0 Å². The van der Waals surface area contributed by atoms with Crippen LogP contribution < -0.4 is 0 Å². The van der Waals surface area contributed by atoms with Crippen LogP contribution in [0.4, 0.5) is 11.4 Å². The van der Waals surface area contributed by atoms with Crippen molar-refractivity contribution >= 4 is 74.5 Å². The van der Waals surface area contributed by atoms with Crippen molar-refractivity contribution in [2.24, 2.45) is 9.98 Å². The summed E-state index contributed by atoms with van der Waals surface area (Å²) in [6.45, 7) is 3.84. The number of rotatable bonds is 3. The molecule has 0 N–H and O–H groups in total. The Kier molecular flexibility index (Phi) is 10.3. The normalized spacial score (nSPS) is 11.9. The standard InChI is InChI=1S/C16H14Cl2N2.2BrH.Ni/c1-11(19-15-7-3-5-13(17)9-15)12(2)20-16-8-4-6-14(18)10-16;;;/h3-10H,1-2H3;2*1H;/q;;;+2/p-2. The van der Waals surface area contributed by atoms with Gasteiger partial charge in [-0.2, -0.15) is 0 Å². The fourth-order valence-corrected chi connectivity index (χ4v) is 2.01. The second-order valence-electron chi connectivity index (χ2n) is 4.40. The molecule has 0 heterocycles. The Balaban J connectivity index is 0.000000816. The van der Waals surface area contributed by atoms with Crippen LogP contribution >= 0.6 is 51.7 Å². The molecule has 0 saturated carbocycles. The quantitative estimate of drug-likeness (QED) is 0.293. The van der Waals surface area contributed by atoms with Gasteiger partial charge in [-0.05, 0) is 50.2 Å². The van der Waals surface area contributed by atoms with E-state index in [2.05, 4.69) is 38.4 Å². The van der Waals surface area contributed by atoms with Gasteiger partial charge in [-0.15, -0.1) is 0 Å². The second kappa shape index (κ2) is 11.4. The third-order valence-electron chi connectivity index (χ3n) is 2.73. The van der Waals surface area contributed by atoms with Crippen LogP contribution in [0.5, 0.6) is 0 Å². The molecule has 0 aromatic heterocycles. The van der Waals surface area contributed by atoms with E-state index in [1.807, 2.05) is 62.4 Å². The zero-order chi connectivity index (χ0) is 17.2. The third-order valence-corrected chi connectivity index (χ3v) is 3.20. The second-order valence-corrected chi connectivity index (χ2v) is 10.3. The van der Waals surface area contributed by atoms with E-state index in [1.165, 1.54) is 10.9 Å². The molecular weight excluding hydrogens is 510 g/mol. The Labute approximate surface area is 166 Å². The summed E-state index contributed by atoms with van der Waals surface area (Å²) in [5.74, 6) is 0. The van der Waals surface area contributed by atoms with Crippen LogP contribution in [-0.4, -0.2) is 11.4 Å². The Hall–Kier alpha value is -0.186. The van der Waals surface area contributed by atoms with E-state index in [4.69, 9.17) is 23.2 Å². The summed E-state index contributed by atoms with van der Waals surface area (Å²) in [6.07, 6.45) is 0. The van der Waals surface area contributed by atoms with Crippen LogP contribution in [0, 0.1) is 0 Å². The average Bonchev–Trinajstić information content (AvgIpc) is 2.48. The van der Waals surface area contributed by atoms with Gasteiger partial charge >= 0.3 is 39.3 Å². The van der Waals surface area contributed by atoms with Gasteiger partial charge in [0.15, 0.2) is 0 Å².